The molecule has 0 spiro atoms. The summed E-state index contributed by atoms with van der Waals surface area (Å²) in [4.78, 5) is 0. The third-order valence-electron chi connectivity index (χ3n) is 1.98. The molecule has 0 aromatic heterocycles. The number of methoxy groups -OCH3 is 1. The van der Waals surface area contributed by atoms with Crippen LogP contribution >= 0.6 is 0 Å². The summed E-state index contributed by atoms with van der Waals surface area (Å²) < 4.78 is 5.07. The number of aliphatic hydroxyl groups is 1. The summed E-state index contributed by atoms with van der Waals surface area (Å²) in [5.74, 6) is 0.860. The van der Waals surface area contributed by atoms with Crippen molar-refractivity contribution in [3.05, 3.63) is 60.2 Å². The van der Waals surface area contributed by atoms with Gasteiger partial charge >= 0.3 is 0 Å². The Morgan fingerprint density at radius 2 is 1.75 bits per heavy atom. The second-order valence-corrected chi connectivity index (χ2v) is 3.13. The molecule has 0 heterocycles. The summed E-state index contributed by atoms with van der Waals surface area (Å²) >= 11 is 0. The summed E-state index contributed by atoms with van der Waals surface area (Å²) in [6, 6.07) is 7.84. The summed E-state index contributed by atoms with van der Waals surface area (Å²) in [5.41, 5.74) is 1.12. The Morgan fingerprint density at radius 3 is 2.38 bits per heavy atom. The maximum absolute atomic E-state index is 8.50. The van der Waals surface area contributed by atoms with Crippen LogP contribution in [-0.4, -0.2) is 18.8 Å². The lowest BCUT2D eigenvalue weighted by Crippen LogP contribution is -1.81. The molecule has 1 aromatic carbocycles. The molecule has 1 rings (SSSR count). The van der Waals surface area contributed by atoms with E-state index in [1.165, 1.54) is 0 Å². The van der Waals surface area contributed by atoms with Crippen LogP contribution in [0.5, 0.6) is 5.75 Å². The largest absolute Gasteiger partial charge is 0.497 e. The summed E-state index contributed by atoms with van der Waals surface area (Å²) in [6.07, 6.45) is 11.2. The molecule has 1 aromatic rings. The highest BCUT2D eigenvalue weighted by atomic mass is 16.5. The van der Waals surface area contributed by atoms with E-state index in [4.69, 9.17) is 9.84 Å². The Morgan fingerprint density at radius 1 is 1.06 bits per heavy atom. The van der Waals surface area contributed by atoms with Crippen LogP contribution in [0.25, 0.3) is 6.08 Å². The lowest BCUT2D eigenvalue weighted by molar-refractivity contribution is 0.343. The van der Waals surface area contributed by atoms with Crippen molar-refractivity contribution in [3.63, 3.8) is 0 Å². The Balaban J connectivity index is 2.49. The molecule has 0 radical (unpaired) electrons. The average Bonchev–Trinajstić information content (AvgIpc) is 2.34. The number of hydrogen-bond acceptors (Lipinski definition) is 2. The van der Waals surface area contributed by atoms with Gasteiger partial charge in [0.2, 0.25) is 0 Å². The molecule has 0 unspecified atom stereocenters. The number of allylic oxidation sites excluding steroid dienone is 4. The molecular weight excluding hydrogens is 200 g/mol. The zero-order chi connectivity index (χ0) is 11.6. The maximum atomic E-state index is 8.50. The molecule has 2 heteroatoms. The van der Waals surface area contributed by atoms with Crippen LogP contribution in [-0.2, 0) is 0 Å². The standard InChI is InChI=1S/C14H16O2/c1-16-14-10-8-13(9-11-14)7-5-3-2-4-6-12-15/h2-11,15H,12H2,1H3/b3-2+,6-4+,7-5+. The van der Waals surface area contributed by atoms with E-state index in [9.17, 15) is 0 Å². The minimum atomic E-state index is 0.0759. The first-order valence-corrected chi connectivity index (χ1v) is 5.11. The Bertz CT molecular complexity index is 372. The van der Waals surface area contributed by atoms with Crippen molar-refractivity contribution in [2.45, 2.75) is 0 Å². The highest BCUT2D eigenvalue weighted by Gasteiger charge is 1.88. The first-order valence-electron chi connectivity index (χ1n) is 5.11. The van der Waals surface area contributed by atoms with Gasteiger partial charge in [-0.15, -0.1) is 0 Å². The molecular formula is C14H16O2. The first-order chi connectivity index (χ1) is 7.86. The molecule has 16 heavy (non-hydrogen) atoms. The molecule has 0 fully saturated rings. The van der Waals surface area contributed by atoms with Crippen molar-refractivity contribution in [3.8, 4) is 5.75 Å². The monoisotopic (exact) mass is 216 g/mol. The second-order valence-electron chi connectivity index (χ2n) is 3.13. The van der Waals surface area contributed by atoms with Gasteiger partial charge in [-0.2, -0.15) is 0 Å². The third kappa shape index (κ3) is 4.62. The second kappa shape index (κ2) is 7.49. The molecule has 0 aliphatic rings. The fraction of sp³-hybridized carbons (Fsp3) is 0.143. The predicted molar refractivity (Wildman–Crippen MR) is 67.4 cm³/mol. The summed E-state index contributed by atoms with van der Waals surface area (Å²) in [7, 11) is 1.65. The van der Waals surface area contributed by atoms with E-state index < -0.39 is 0 Å². The van der Waals surface area contributed by atoms with Gasteiger partial charge in [0, 0.05) is 0 Å². The smallest absolute Gasteiger partial charge is 0.118 e. The normalized spacial score (nSPS) is 11.9. The topological polar surface area (TPSA) is 29.5 Å². The summed E-state index contributed by atoms with van der Waals surface area (Å²) in [5, 5.41) is 8.50. The zero-order valence-electron chi connectivity index (χ0n) is 9.34. The van der Waals surface area contributed by atoms with Crippen molar-refractivity contribution < 1.29 is 9.84 Å². The molecule has 0 atom stereocenters. The number of hydrogen-bond donors (Lipinski definition) is 1. The molecule has 0 aliphatic carbocycles. The fourth-order valence-electron chi connectivity index (χ4n) is 1.15. The van der Waals surface area contributed by atoms with Crippen molar-refractivity contribution in [1.29, 1.82) is 0 Å². The van der Waals surface area contributed by atoms with E-state index >= 15 is 0 Å². The van der Waals surface area contributed by atoms with Gasteiger partial charge in [0.15, 0.2) is 0 Å². The molecule has 0 saturated carbocycles. The van der Waals surface area contributed by atoms with Crippen molar-refractivity contribution in [2.75, 3.05) is 13.7 Å². The lowest BCUT2D eigenvalue weighted by Gasteiger charge is -1.98. The Hall–Kier alpha value is -1.80. The molecule has 0 amide bonds. The quantitative estimate of drug-likeness (QED) is 0.767. The van der Waals surface area contributed by atoms with Gasteiger partial charge in [-0.25, -0.2) is 0 Å². The third-order valence-corrected chi connectivity index (χ3v) is 1.98. The molecule has 84 valence electrons. The highest BCUT2D eigenvalue weighted by molar-refractivity contribution is 5.52. The minimum absolute atomic E-state index is 0.0759. The van der Waals surface area contributed by atoms with E-state index in [2.05, 4.69) is 0 Å². The van der Waals surface area contributed by atoms with E-state index in [-0.39, 0.29) is 6.61 Å². The van der Waals surface area contributed by atoms with Gasteiger partial charge in [0.1, 0.15) is 5.75 Å². The zero-order valence-corrected chi connectivity index (χ0v) is 9.34. The molecule has 0 aliphatic heterocycles. The molecule has 1 N–H and O–H groups in total. The van der Waals surface area contributed by atoms with Crippen LogP contribution in [0.2, 0.25) is 0 Å². The fourth-order valence-corrected chi connectivity index (χ4v) is 1.15. The van der Waals surface area contributed by atoms with Gasteiger partial charge in [-0.1, -0.05) is 48.6 Å². The Labute approximate surface area is 96.2 Å². The van der Waals surface area contributed by atoms with Crippen LogP contribution < -0.4 is 4.74 Å². The van der Waals surface area contributed by atoms with Crippen molar-refractivity contribution >= 4 is 6.08 Å². The number of rotatable bonds is 5. The van der Waals surface area contributed by atoms with Crippen LogP contribution in [0, 0.1) is 0 Å². The number of aliphatic hydroxyl groups excluding tert-OH is 1. The summed E-state index contributed by atoms with van der Waals surface area (Å²) in [6.45, 7) is 0.0759. The van der Waals surface area contributed by atoms with E-state index in [0.29, 0.717) is 0 Å². The number of ether oxygens (including phenoxy) is 1. The van der Waals surface area contributed by atoms with E-state index in [0.717, 1.165) is 11.3 Å². The first kappa shape index (κ1) is 12.3. The highest BCUT2D eigenvalue weighted by Crippen LogP contribution is 2.12. The van der Waals surface area contributed by atoms with Crippen LogP contribution in [0.1, 0.15) is 5.56 Å². The molecule has 0 bridgehead atoms. The van der Waals surface area contributed by atoms with Gasteiger partial charge in [-0.05, 0) is 17.7 Å². The molecule has 0 saturated heterocycles. The molecule has 2 nitrogen and oxygen atoms in total. The van der Waals surface area contributed by atoms with Gasteiger partial charge in [0.05, 0.1) is 13.7 Å². The van der Waals surface area contributed by atoms with Gasteiger partial charge in [0.25, 0.3) is 0 Å². The predicted octanol–water partition coefficient (Wildman–Crippen LogP) is 2.81. The van der Waals surface area contributed by atoms with Crippen LogP contribution in [0.3, 0.4) is 0 Å². The van der Waals surface area contributed by atoms with E-state index in [1.807, 2.05) is 48.6 Å². The maximum Gasteiger partial charge on any atom is 0.118 e. The number of benzene rings is 1. The van der Waals surface area contributed by atoms with Gasteiger partial charge in [-0.3, -0.25) is 0 Å². The minimum Gasteiger partial charge on any atom is -0.497 e. The lowest BCUT2D eigenvalue weighted by atomic mass is 10.2. The Kier molecular flexibility index (Phi) is 5.74. The van der Waals surface area contributed by atoms with E-state index in [1.54, 1.807) is 19.3 Å². The van der Waals surface area contributed by atoms with Crippen molar-refractivity contribution in [1.82, 2.24) is 0 Å². The van der Waals surface area contributed by atoms with Crippen LogP contribution in [0.4, 0.5) is 0 Å². The average molecular weight is 216 g/mol. The van der Waals surface area contributed by atoms with Crippen LogP contribution in [0.15, 0.2) is 54.6 Å². The van der Waals surface area contributed by atoms with Gasteiger partial charge < -0.3 is 9.84 Å². The van der Waals surface area contributed by atoms with Crippen molar-refractivity contribution in [2.24, 2.45) is 0 Å². The SMILES string of the molecule is COc1ccc(/C=C/C=C/C=C/CO)cc1.